The average molecular weight is 431 g/mol. The summed E-state index contributed by atoms with van der Waals surface area (Å²) in [6.07, 6.45) is 0.377. The van der Waals surface area contributed by atoms with E-state index in [0.29, 0.717) is 6.42 Å². The zero-order valence-electron chi connectivity index (χ0n) is 18.1. The van der Waals surface area contributed by atoms with Crippen LogP contribution < -0.4 is 5.32 Å². The summed E-state index contributed by atoms with van der Waals surface area (Å²) in [6, 6.07) is 5.76. The molecule has 1 amide bonds. The molecular weight excluding hydrogens is 404 g/mol. The van der Waals surface area contributed by atoms with Crippen molar-refractivity contribution in [3.8, 4) is 28.7 Å². The van der Waals surface area contributed by atoms with E-state index in [4.69, 9.17) is 4.74 Å². The molecule has 2 rings (SSSR count). The summed E-state index contributed by atoms with van der Waals surface area (Å²) in [5, 5.41) is 24.0. The van der Waals surface area contributed by atoms with Crippen LogP contribution in [0.5, 0.6) is 5.75 Å². The zero-order valence-corrected chi connectivity index (χ0v) is 18.1. The number of hydrogen-bond acceptors (Lipinski definition) is 4. The molecule has 166 valence electrons. The van der Waals surface area contributed by atoms with E-state index in [0.717, 1.165) is 18.2 Å². The van der Waals surface area contributed by atoms with Crippen molar-refractivity contribution in [3.05, 3.63) is 53.1 Å². The minimum Gasteiger partial charge on any atom is -0.506 e. The van der Waals surface area contributed by atoms with Gasteiger partial charge in [-0.3, -0.25) is 4.79 Å². The molecule has 5 nitrogen and oxygen atoms in total. The Labute approximate surface area is 181 Å². The van der Waals surface area contributed by atoms with Crippen LogP contribution in [0.2, 0.25) is 0 Å². The molecule has 31 heavy (non-hydrogen) atoms. The van der Waals surface area contributed by atoms with Gasteiger partial charge in [0, 0.05) is 25.3 Å². The number of carbonyl (C=O) groups is 1. The van der Waals surface area contributed by atoms with E-state index in [9.17, 15) is 23.8 Å². The maximum atomic E-state index is 13.8. The molecule has 0 bridgehead atoms. The standard InChI is InChI=1S/C24H27F2NO4/c1-15(2)14-24(3,30)8-7-20-19(16-11-17(25)13-18(26)12-16)5-6-21(22(20)28)23(29)27-9-10-31-4/h5-6,11-13,15,28,30H,9-10,14H2,1-4H3,(H,27,29). The van der Waals surface area contributed by atoms with Gasteiger partial charge < -0.3 is 20.3 Å². The molecule has 1 atom stereocenters. The summed E-state index contributed by atoms with van der Waals surface area (Å²) in [5.41, 5.74) is -1.04. The average Bonchev–Trinajstić information content (AvgIpc) is 2.65. The van der Waals surface area contributed by atoms with Crippen LogP contribution in [0.4, 0.5) is 8.78 Å². The quantitative estimate of drug-likeness (QED) is 0.460. The lowest BCUT2D eigenvalue weighted by Crippen LogP contribution is -2.27. The summed E-state index contributed by atoms with van der Waals surface area (Å²) in [7, 11) is 1.49. The maximum absolute atomic E-state index is 13.8. The fraction of sp³-hybridized carbons (Fsp3) is 0.375. The van der Waals surface area contributed by atoms with E-state index < -0.39 is 28.9 Å². The Morgan fingerprint density at radius 3 is 2.45 bits per heavy atom. The fourth-order valence-electron chi connectivity index (χ4n) is 3.26. The second kappa shape index (κ2) is 10.4. The van der Waals surface area contributed by atoms with Gasteiger partial charge in [0.05, 0.1) is 17.7 Å². The van der Waals surface area contributed by atoms with Crippen molar-refractivity contribution >= 4 is 5.91 Å². The Kier molecular flexibility index (Phi) is 8.14. The first-order chi connectivity index (χ1) is 14.5. The lowest BCUT2D eigenvalue weighted by Gasteiger charge is -2.19. The van der Waals surface area contributed by atoms with Gasteiger partial charge in [0.1, 0.15) is 23.0 Å². The highest BCUT2D eigenvalue weighted by molar-refractivity contribution is 5.99. The molecule has 0 fully saturated rings. The lowest BCUT2D eigenvalue weighted by molar-refractivity contribution is 0.0933. The van der Waals surface area contributed by atoms with Crippen LogP contribution >= 0.6 is 0 Å². The Bertz CT molecular complexity index is 986. The van der Waals surface area contributed by atoms with Gasteiger partial charge in [0.25, 0.3) is 5.91 Å². The second-order valence-electron chi connectivity index (χ2n) is 7.91. The number of aromatic hydroxyl groups is 1. The largest absolute Gasteiger partial charge is 0.506 e. The lowest BCUT2D eigenvalue weighted by atomic mass is 9.92. The molecule has 0 radical (unpaired) electrons. The number of halogens is 2. The number of carbonyl (C=O) groups excluding carboxylic acids is 1. The van der Waals surface area contributed by atoms with Gasteiger partial charge in [-0.25, -0.2) is 8.78 Å². The summed E-state index contributed by atoms with van der Waals surface area (Å²) in [6.45, 7) is 5.92. The van der Waals surface area contributed by atoms with Crippen molar-refractivity contribution in [1.82, 2.24) is 5.32 Å². The smallest absolute Gasteiger partial charge is 0.255 e. The minimum absolute atomic E-state index is 0.00609. The van der Waals surface area contributed by atoms with Crippen molar-refractivity contribution < 1.29 is 28.5 Å². The first-order valence-corrected chi connectivity index (χ1v) is 9.89. The van der Waals surface area contributed by atoms with E-state index in [1.807, 2.05) is 13.8 Å². The second-order valence-corrected chi connectivity index (χ2v) is 7.91. The highest BCUT2D eigenvalue weighted by atomic mass is 19.1. The van der Waals surface area contributed by atoms with E-state index >= 15 is 0 Å². The number of rotatable bonds is 7. The van der Waals surface area contributed by atoms with E-state index in [2.05, 4.69) is 17.2 Å². The Morgan fingerprint density at radius 2 is 1.87 bits per heavy atom. The molecular formula is C24H27F2NO4. The molecule has 1 unspecified atom stereocenters. The highest BCUT2D eigenvalue weighted by Crippen LogP contribution is 2.33. The van der Waals surface area contributed by atoms with Crippen LogP contribution in [0.3, 0.4) is 0 Å². The number of aliphatic hydroxyl groups is 1. The first-order valence-electron chi connectivity index (χ1n) is 9.89. The van der Waals surface area contributed by atoms with E-state index in [1.165, 1.54) is 19.2 Å². The van der Waals surface area contributed by atoms with E-state index in [1.54, 1.807) is 6.92 Å². The normalized spacial score (nSPS) is 12.8. The molecule has 3 N–H and O–H groups in total. The third kappa shape index (κ3) is 6.78. The number of phenols is 1. The number of nitrogens with one attached hydrogen (secondary N) is 1. The summed E-state index contributed by atoms with van der Waals surface area (Å²) in [5.74, 6) is 3.03. The van der Waals surface area contributed by atoms with Crippen molar-refractivity contribution in [2.75, 3.05) is 20.3 Å². The molecule has 2 aromatic carbocycles. The van der Waals surface area contributed by atoms with Gasteiger partial charge in [-0.05, 0) is 43.0 Å². The monoisotopic (exact) mass is 431 g/mol. The molecule has 0 aromatic heterocycles. The third-order valence-electron chi connectivity index (χ3n) is 4.45. The van der Waals surface area contributed by atoms with Crippen LogP contribution in [0.15, 0.2) is 30.3 Å². The van der Waals surface area contributed by atoms with Crippen molar-refractivity contribution in [1.29, 1.82) is 0 Å². The Hall–Kier alpha value is -2.95. The van der Waals surface area contributed by atoms with Crippen LogP contribution in [0, 0.1) is 29.4 Å². The van der Waals surface area contributed by atoms with Crippen LogP contribution in [-0.2, 0) is 4.74 Å². The number of hydrogen-bond donors (Lipinski definition) is 3. The van der Waals surface area contributed by atoms with Gasteiger partial charge >= 0.3 is 0 Å². The fourth-order valence-corrected chi connectivity index (χ4v) is 3.26. The number of phenolic OH excluding ortho intramolecular Hbond substituents is 1. The van der Waals surface area contributed by atoms with Gasteiger partial charge in [0.15, 0.2) is 0 Å². The first kappa shape index (κ1) is 24.3. The minimum atomic E-state index is -1.36. The predicted molar refractivity (Wildman–Crippen MR) is 115 cm³/mol. The van der Waals surface area contributed by atoms with E-state index in [-0.39, 0.29) is 41.3 Å². The molecule has 0 aliphatic heterocycles. The number of methoxy groups -OCH3 is 1. The predicted octanol–water partition coefficient (Wildman–Crippen LogP) is 3.86. The zero-order chi connectivity index (χ0) is 23.2. The highest BCUT2D eigenvalue weighted by Gasteiger charge is 2.21. The maximum Gasteiger partial charge on any atom is 0.255 e. The van der Waals surface area contributed by atoms with Gasteiger partial charge in [-0.1, -0.05) is 31.8 Å². The number of benzene rings is 2. The third-order valence-corrected chi connectivity index (χ3v) is 4.45. The van der Waals surface area contributed by atoms with Crippen molar-refractivity contribution in [3.63, 3.8) is 0 Å². The van der Waals surface area contributed by atoms with Gasteiger partial charge in [0.2, 0.25) is 0 Å². The van der Waals surface area contributed by atoms with Gasteiger partial charge in [-0.2, -0.15) is 0 Å². The van der Waals surface area contributed by atoms with Gasteiger partial charge in [-0.15, -0.1) is 0 Å². The Morgan fingerprint density at radius 1 is 1.23 bits per heavy atom. The molecule has 0 aliphatic rings. The topological polar surface area (TPSA) is 78.8 Å². The molecule has 0 aliphatic carbocycles. The summed E-state index contributed by atoms with van der Waals surface area (Å²) < 4.78 is 32.5. The van der Waals surface area contributed by atoms with Crippen LogP contribution in [-0.4, -0.2) is 42.0 Å². The van der Waals surface area contributed by atoms with Crippen LogP contribution in [0.25, 0.3) is 11.1 Å². The molecule has 0 heterocycles. The van der Waals surface area contributed by atoms with Crippen molar-refractivity contribution in [2.24, 2.45) is 5.92 Å². The van der Waals surface area contributed by atoms with Crippen molar-refractivity contribution in [2.45, 2.75) is 32.8 Å². The number of amides is 1. The SMILES string of the molecule is COCCNC(=O)c1ccc(-c2cc(F)cc(F)c2)c(C#CC(C)(O)CC(C)C)c1O. The molecule has 0 saturated heterocycles. The summed E-state index contributed by atoms with van der Waals surface area (Å²) in [4.78, 5) is 12.5. The molecule has 0 spiro atoms. The number of ether oxygens (including phenoxy) is 1. The molecule has 2 aromatic rings. The summed E-state index contributed by atoms with van der Waals surface area (Å²) >= 11 is 0. The van der Waals surface area contributed by atoms with Crippen LogP contribution in [0.1, 0.15) is 43.1 Å². The molecule has 0 saturated carbocycles. The molecule has 7 heteroatoms. The Balaban J connectivity index is 2.61.